The summed E-state index contributed by atoms with van der Waals surface area (Å²) in [5, 5.41) is 0. The molecule has 0 aromatic rings. The van der Waals surface area contributed by atoms with Crippen LogP contribution in [0.2, 0.25) is 0 Å². The Kier molecular flexibility index (Phi) is 3.10. The van der Waals surface area contributed by atoms with Crippen LogP contribution in [0.4, 0.5) is 4.79 Å². The summed E-state index contributed by atoms with van der Waals surface area (Å²) >= 11 is 0. The Bertz CT molecular complexity index is 298. The number of piperidine rings is 1. The predicted octanol–water partition coefficient (Wildman–Crippen LogP) is 1.95. The minimum absolute atomic E-state index is 0.147. The van der Waals surface area contributed by atoms with Gasteiger partial charge < -0.3 is 14.5 Å². The lowest BCUT2D eigenvalue weighted by molar-refractivity contribution is -0.0490. The summed E-state index contributed by atoms with van der Waals surface area (Å²) in [7, 11) is 2.14. The van der Waals surface area contributed by atoms with Crippen LogP contribution in [0.3, 0.4) is 0 Å². The molecular weight excluding hydrogens is 216 g/mol. The molecule has 0 N–H and O–H groups in total. The summed E-state index contributed by atoms with van der Waals surface area (Å²) in [5.74, 6) is 0. The molecule has 0 unspecified atom stereocenters. The first-order valence-corrected chi connectivity index (χ1v) is 6.46. The first kappa shape index (κ1) is 12.7. The number of carbonyl (C=O) groups excluding carboxylic acids is 1. The lowest BCUT2D eigenvalue weighted by Crippen LogP contribution is -2.62. The molecule has 0 saturated carbocycles. The fourth-order valence-corrected chi connectivity index (χ4v) is 3.05. The molecule has 2 aliphatic rings. The zero-order valence-electron chi connectivity index (χ0n) is 11.5. The molecule has 2 saturated heterocycles. The maximum Gasteiger partial charge on any atom is 0.410 e. The van der Waals surface area contributed by atoms with Crippen LogP contribution >= 0.6 is 0 Å². The highest BCUT2D eigenvalue weighted by molar-refractivity contribution is 5.68. The minimum atomic E-state index is -0.391. The zero-order valence-corrected chi connectivity index (χ0v) is 11.5. The second-order valence-corrected chi connectivity index (χ2v) is 6.68. The van der Waals surface area contributed by atoms with Crippen LogP contribution < -0.4 is 0 Å². The molecule has 0 aromatic carbocycles. The monoisotopic (exact) mass is 240 g/mol. The van der Waals surface area contributed by atoms with E-state index >= 15 is 0 Å². The van der Waals surface area contributed by atoms with Gasteiger partial charge in [0.1, 0.15) is 5.60 Å². The van der Waals surface area contributed by atoms with E-state index in [0.29, 0.717) is 5.41 Å². The predicted molar refractivity (Wildman–Crippen MR) is 67.0 cm³/mol. The Morgan fingerprint density at radius 1 is 1.24 bits per heavy atom. The molecule has 2 fully saturated rings. The second kappa shape index (κ2) is 4.16. The minimum Gasteiger partial charge on any atom is -0.444 e. The zero-order chi connectivity index (χ0) is 12.7. The third-order valence-corrected chi connectivity index (χ3v) is 3.52. The average molecular weight is 240 g/mol. The van der Waals surface area contributed by atoms with Gasteiger partial charge in [-0.2, -0.15) is 0 Å². The highest BCUT2D eigenvalue weighted by atomic mass is 16.6. The van der Waals surface area contributed by atoms with Crippen molar-refractivity contribution in [2.24, 2.45) is 5.41 Å². The number of likely N-dealkylation sites (tertiary alicyclic amines) is 2. The van der Waals surface area contributed by atoms with Crippen LogP contribution in [0, 0.1) is 5.41 Å². The number of carbonyl (C=O) groups is 1. The second-order valence-electron chi connectivity index (χ2n) is 6.68. The topological polar surface area (TPSA) is 32.8 Å². The summed E-state index contributed by atoms with van der Waals surface area (Å²) < 4.78 is 5.44. The molecule has 4 heteroatoms. The van der Waals surface area contributed by atoms with Crippen molar-refractivity contribution in [1.29, 1.82) is 0 Å². The number of hydrogen-bond acceptors (Lipinski definition) is 3. The van der Waals surface area contributed by atoms with Gasteiger partial charge >= 0.3 is 6.09 Å². The number of hydrogen-bond donors (Lipinski definition) is 0. The SMILES string of the molecule is CN1CC2(CCCN(C(=O)OC(C)(C)C)C2)C1. The molecule has 1 amide bonds. The summed E-state index contributed by atoms with van der Waals surface area (Å²) in [4.78, 5) is 16.2. The Morgan fingerprint density at radius 2 is 1.88 bits per heavy atom. The molecule has 1 spiro atoms. The molecular formula is C13H24N2O2. The van der Waals surface area contributed by atoms with Crippen molar-refractivity contribution < 1.29 is 9.53 Å². The van der Waals surface area contributed by atoms with E-state index in [1.165, 1.54) is 6.42 Å². The van der Waals surface area contributed by atoms with Gasteiger partial charge in [-0.3, -0.25) is 0 Å². The standard InChI is InChI=1S/C13H24N2O2/c1-12(2,3)17-11(16)15-7-5-6-13(10-15)8-14(4)9-13/h5-10H2,1-4H3. The maximum atomic E-state index is 12.0. The van der Waals surface area contributed by atoms with Crippen molar-refractivity contribution in [3.05, 3.63) is 0 Å². The Morgan fingerprint density at radius 3 is 2.41 bits per heavy atom. The number of ether oxygens (including phenoxy) is 1. The van der Waals surface area contributed by atoms with Gasteiger partial charge in [0, 0.05) is 31.6 Å². The van der Waals surface area contributed by atoms with Gasteiger partial charge in [-0.25, -0.2) is 4.79 Å². The molecule has 2 aliphatic heterocycles. The molecule has 0 aromatic heterocycles. The van der Waals surface area contributed by atoms with Crippen LogP contribution in [0.25, 0.3) is 0 Å². The fraction of sp³-hybridized carbons (Fsp3) is 0.923. The van der Waals surface area contributed by atoms with E-state index in [-0.39, 0.29) is 6.09 Å². The molecule has 0 radical (unpaired) electrons. The van der Waals surface area contributed by atoms with Gasteiger partial charge in [0.05, 0.1) is 0 Å². The molecule has 2 rings (SSSR count). The fourth-order valence-electron chi connectivity index (χ4n) is 3.05. The van der Waals surface area contributed by atoms with Crippen LogP contribution in [-0.4, -0.2) is 54.7 Å². The van der Waals surface area contributed by atoms with Gasteiger partial charge in [0.2, 0.25) is 0 Å². The molecule has 0 bridgehead atoms. The molecule has 17 heavy (non-hydrogen) atoms. The maximum absolute atomic E-state index is 12.0. The van der Waals surface area contributed by atoms with E-state index < -0.39 is 5.60 Å². The Hall–Kier alpha value is -0.770. The number of rotatable bonds is 0. The van der Waals surface area contributed by atoms with E-state index in [1.807, 2.05) is 25.7 Å². The third-order valence-electron chi connectivity index (χ3n) is 3.52. The number of amides is 1. The van der Waals surface area contributed by atoms with E-state index in [2.05, 4.69) is 11.9 Å². The molecule has 2 heterocycles. The van der Waals surface area contributed by atoms with Crippen LogP contribution in [0.1, 0.15) is 33.6 Å². The van der Waals surface area contributed by atoms with Gasteiger partial charge in [-0.15, -0.1) is 0 Å². The quantitative estimate of drug-likeness (QED) is 0.649. The van der Waals surface area contributed by atoms with E-state index in [4.69, 9.17) is 4.74 Å². The smallest absolute Gasteiger partial charge is 0.410 e. The van der Waals surface area contributed by atoms with Gasteiger partial charge in [-0.05, 0) is 40.7 Å². The number of nitrogens with zero attached hydrogens (tertiary/aromatic N) is 2. The summed E-state index contributed by atoms with van der Waals surface area (Å²) in [6, 6.07) is 0. The van der Waals surface area contributed by atoms with Gasteiger partial charge in [0.25, 0.3) is 0 Å². The van der Waals surface area contributed by atoms with E-state index in [1.54, 1.807) is 0 Å². The summed E-state index contributed by atoms with van der Waals surface area (Å²) in [5.41, 5.74) is -0.0397. The largest absolute Gasteiger partial charge is 0.444 e. The Labute approximate surface area is 104 Å². The van der Waals surface area contributed by atoms with Gasteiger partial charge in [0.15, 0.2) is 0 Å². The third kappa shape index (κ3) is 2.92. The van der Waals surface area contributed by atoms with Crippen molar-refractivity contribution in [2.75, 3.05) is 33.2 Å². The Balaban J connectivity index is 1.91. The van der Waals surface area contributed by atoms with E-state index in [0.717, 1.165) is 32.6 Å². The highest BCUT2D eigenvalue weighted by Crippen LogP contribution is 2.38. The van der Waals surface area contributed by atoms with Crippen LogP contribution in [-0.2, 0) is 4.74 Å². The van der Waals surface area contributed by atoms with Crippen LogP contribution in [0.15, 0.2) is 0 Å². The van der Waals surface area contributed by atoms with Crippen LogP contribution in [0.5, 0.6) is 0 Å². The molecule has 98 valence electrons. The molecule has 0 atom stereocenters. The van der Waals surface area contributed by atoms with E-state index in [9.17, 15) is 4.79 Å². The summed E-state index contributed by atoms with van der Waals surface area (Å²) in [6.07, 6.45) is 2.20. The normalized spacial score (nSPS) is 24.6. The molecule has 0 aliphatic carbocycles. The molecule has 4 nitrogen and oxygen atoms in total. The van der Waals surface area contributed by atoms with Crippen molar-refractivity contribution in [3.63, 3.8) is 0 Å². The first-order valence-electron chi connectivity index (χ1n) is 6.46. The average Bonchev–Trinajstić information content (AvgIpc) is 2.13. The summed E-state index contributed by atoms with van der Waals surface area (Å²) in [6.45, 7) is 9.70. The van der Waals surface area contributed by atoms with Crippen molar-refractivity contribution in [3.8, 4) is 0 Å². The highest BCUT2D eigenvalue weighted by Gasteiger charge is 2.45. The lowest BCUT2D eigenvalue weighted by atomic mass is 9.74. The van der Waals surface area contributed by atoms with Gasteiger partial charge in [-0.1, -0.05) is 0 Å². The first-order chi connectivity index (χ1) is 7.80. The van der Waals surface area contributed by atoms with Crippen molar-refractivity contribution >= 4 is 6.09 Å². The van der Waals surface area contributed by atoms with Crippen molar-refractivity contribution in [1.82, 2.24) is 9.80 Å². The lowest BCUT2D eigenvalue weighted by Gasteiger charge is -2.53. The van der Waals surface area contributed by atoms with Crippen molar-refractivity contribution in [2.45, 2.75) is 39.2 Å².